The van der Waals surface area contributed by atoms with E-state index >= 15 is 0 Å². The molecule has 0 heterocycles. The third kappa shape index (κ3) is 6.12. The molecule has 2 N–H and O–H groups in total. The second kappa shape index (κ2) is 10.1. The van der Waals surface area contributed by atoms with Crippen molar-refractivity contribution in [2.75, 3.05) is 19.0 Å². The Bertz CT molecular complexity index is 702. The average Bonchev–Trinajstić information content (AvgIpc) is 2.68. The van der Waals surface area contributed by atoms with E-state index in [2.05, 4.69) is 10.6 Å². The van der Waals surface area contributed by atoms with Gasteiger partial charge in [-0.15, -0.1) is 0 Å². The summed E-state index contributed by atoms with van der Waals surface area (Å²) in [5.74, 6) is 0.0643. The van der Waals surface area contributed by atoms with Crippen LogP contribution in [0.4, 0.5) is 10.5 Å². The highest BCUT2D eigenvalue weighted by molar-refractivity contribution is 5.93. The highest BCUT2D eigenvalue weighted by atomic mass is 16.5. The standard InChI is InChI=1S/C20H24N2O4/c1-3-16(13-21-17-9-11-18(25-2)12-10-17)19(23)22-20(24)26-14-15-7-5-4-6-8-15/h4-12,16,21H,3,13-14H2,1-2H3,(H,22,23,24)/t16-/m1/s1. The maximum Gasteiger partial charge on any atom is 0.414 e. The maximum atomic E-state index is 12.2. The molecule has 0 saturated carbocycles. The predicted octanol–water partition coefficient (Wildman–Crippen LogP) is 3.59. The molecule has 2 aromatic carbocycles. The van der Waals surface area contributed by atoms with Gasteiger partial charge in [0.25, 0.3) is 0 Å². The van der Waals surface area contributed by atoms with E-state index in [1.165, 1.54) is 0 Å². The normalized spacial score (nSPS) is 11.3. The van der Waals surface area contributed by atoms with Gasteiger partial charge < -0.3 is 14.8 Å². The molecule has 26 heavy (non-hydrogen) atoms. The first-order valence-corrected chi connectivity index (χ1v) is 8.51. The van der Waals surface area contributed by atoms with Gasteiger partial charge in [0.1, 0.15) is 12.4 Å². The van der Waals surface area contributed by atoms with Gasteiger partial charge in [-0.1, -0.05) is 37.3 Å². The molecule has 0 aliphatic carbocycles. The van der Waals surface area contributed by atoms with Gasteiger partial charge in [0.2, 0.25) is 5.91 Å². The number of carbonyl (C=O) groups is 2. The fourth-order valence-electron chi connectivity index (χ4n) is 2.33. The Morgan fingerprint density at radius 3 is 2.35 bits per heavy atom. The summed E-state index contributed by atoms with van der Waals surface area (Å²) in [5, 5.41) is 5.49. The number of hydrogen-bond donors (Lipinski definition) is 2. The van der Waals surface area contributed by atoms with Crippen molar-refractivity contribution in [3.63, 3.8) is 0 Å². The van der Waals surface area contributed by atoms with Crippen LogP contribution in [0, 0.1) is 5.92 Å². The summed E-state index contributed by atoms with van der Waals surface area (Å²) in [6.07, 6.45) is -0.136. The number of alkyl carbamates (subject to hydrolysis) is 1. The van der Waals surface area contributed by atoms with Gasteiger partial charge in [-0.2, -0.15) is 0 Å². The molecule has 1 atom stereocenters. The van der Waals surface area contributed by atoms with Crippen LogP contribution in [0.3, 0.4) is 0 Å². The van der Waals surface area contributed by atoms with E-state index in [1.54, 1.807) is 7.11 Å². The molecule has 2 rings (SSSR count). The lowest BCUT2D eigenvalue weighted by Crippen LogP contribution is -2.38. The van der Waals surface area contributed by atoms with Crippen molar-refractivity contribution < 1.29 is 19.1 Å². The lowest BCUT2D eigenvalue weighted by molar-refractivity contribution is -0.124. The van der Waals surface area contributed by atoms with Crippen LogP contribution >= 0.6 is 0 Å². The molecule has 2 aromatic rings. The smallest absolute Gasteiger partial charge is 0.414 e. The van der Waals surface area contributed by atoms with Gasteiger partial charge in [0.05, 0.1) is 13.0 Å². The van der Waals surface area contributed by atoms with E-state index in [4.69, 9.17) is 9.47 Å². The highest BCUT2D eigenvalue weighted by Crippen LogP contribution is 2.16. The molecular formula is C20H24N2O4. The van der Waals surface area contributed by atoms with Crippen molar-refractivity contribution in [2.24, 2.45) is 5.92 Å². The summed E-state index contributed by atoms with van der Waals surface area (Å²) in [6.45, 7) is 2.44. The van der Waals surface area contributed by atoms with Crippen LogP contribution in [-0.4, -0.2) is 25.7 Å². The van der Waals surface area contributed by atoms with E-state index in [9.17, 15) is 9.59 Å². The summed E-state index contributed by atoms with van der Waals surface area (Å²) in [4.78, 5) is 24.0. The molecule has 138 valence electrons. The van der Waals surface area contributed by atoms with Crippen LogP contribution in [-0.2, 0) is 16.1 Å². The minimum absolute atomic E-state index is 0.126. The van der Waals surface area contributed by atoms with E-state index in [0.717, 1.165) is 17.0 Å². The second-order valence-electron chi connectivity index (χ2n) is 5.77. The number of amides is 2. The van der Waals surface area contributed by atoms with Crippen molar-refractivity contribution in [2.45, 2.75) is 20.0 Å². The van der Waals surface area contributed by atoms with Gasteiger partial charge in [-0.25, -0.2) is 4.79 Å². The zero-order valence-corrected chi connectivity index (χ0v) is 15.0. The molecule has 2 amide bonds. The van der Waals surface area contributed by atoms with Gasteiger partial charge in [-0.3, -0.25) is 10.1 Å². The number of nitrogens with one attached hydrogen (secondary N) is 2. The summed E-state index contributed by atoms with van der Waals surface area (Å²) < 4.78 is 10.2. The Labute approximate surface area is 153 Å². The number of imide groups is 1. The molecule has 0 aliphatic rings. The third-order valence-electron chi connectivity index (χ3n) is 3.94. The third-order valence-corrected chi connectivity index (χ3v) is 3.94. The first-order chi connectivity index (χ1) is 12.6. The molecule has 6 nitrogen and oxygen atoms in total. The zero-order chi connectivity index (χ0) is 18.8. The van der Waals surface area contributed by atoms with Gasteiger partial charge in [0.15, 0.2) is 0 Å². The average molecular weight is 356 g/mol. The molecule has 0 aromatic heterocycles. The SMILES string of the molecule is CC[C@H](CNc1ccc(OC)cc1)C(=O)NC(=O)OCc1ccccc1. The van der Waals surface area contributed by atoms with Crippen LogP contribution < -0.4 is 15.4 Å². The van der Waals surface area contributed by atoms with Crippen LogP contribution in [0.25, 0.3) is 0 Å². The quantitative estimate of drug-likeness (QED) is 0.756. The predicted molar refractivity (Wildman–Crippen MR) is 100 cm³/mol. The van der Waals surface area contributed by atoms with Gasteiger partial charge in [0, 0.05) is 12.2 Å². The van der Waals surface area contributed by atoms with Gasteiger partial charge >= 0.3 is 6.09 Å². The molecule has 0 fully saturated rings. The first kappa shape index (κ1) is 19.3. The van der Waals surface area contributed by atoms with Crippen LogP contribution in [0.15, 0.2) is 54.6 Å². The molecule has 0 unspecified atom stereocenters. The monoisotopic (exact) mass is 356 g/mol. The number of rotatable bonds is 8. The Morgan fingerprint density at radius 2 is 1.73 bits per heavy atom. The van der Waals surface area contributed by atoms with Crippen LogP contribution in [0.5, 0.6) is 5.75 Å². The zero-order valence-electron chi connectivity index (χ0n) is 15.0. The van der Waals surface area contributed by atoms with E-state index in [0.29, 0.717) is 13.0 Å². The number of methoxy groups -OCH3 is 1. The molecule has 6 heteroatoms. The highest BCUT2D eigenvalue weighted by Gasteiger charge is 2.19. The molecule has 0 aliphatic heterocycles. The van der Waals surface area contributed by atoms with Crippen molar-refractivity contribution in [1.82, 2.24) is 5.32 Å². The Kier molecular flexibility index (Phi) is 7.49. The molecule has 0 saturated heterocycles. The van der Waals surface area contributed by atoms with Crippen molar-refractivity contribution in [1.29, 1.82) is 0 Å². The van der Waals surface area contributed by atoms with Crippen LogP contribution in [0.1, 0.15) is 18.9 Å². The Balaban J connectivity index is 1.78. The summed E-state index contributed by atoms with van der Waals surface area (Å²) in [6, 6.07) is 16.7. The number of hydrogen-bond acceptors (Lipinski definition) is 5. The number of benzene rings is 2. The maximum absolute atomic E-state index is 12.2. The second-order valence-corrected chi connectivity index (χ2v) is 5.77. The Morgan fingerprint density at radius 1 is 1.04 bits per heavy atom. The summed E-state index contributed by atoms with van der Waals surface area (Å²) in [5.41, 5.74) is 1.74. The van der Waals surface area contributed by atoms with Crippen LogP contribution in [0.2, 0.25) is 0 Å². The molecule has 0 radical (unpaired) electrons. The van der Waals surface area contributed by atoms with E-state index < -0.39 is 6.09 Å². The topological polar surface area (TPSA) is 76.7 Å². The molecule has 0 bridgehead atoms. The lowest BCUT2D eigenvalue weighted by atomic mass is 10.1. The van der Waals surface area contributed by atoms with E-state index in [1.807, 2.05) is 61.5 Å². The molecular weight excluding hydrogens is 332 g/mol. The Hall–Kier alpha value is -3.02. The largest absolute Gasteiger partial charge is 0.497 e. The lowest BCUT2D eigenvalue weighted by Gasteiger charge is -2.16. The van der Waals surface area contributed by atoms with Crippen molar-refractivity contribution in [3.8, 4) is 5.75 Å². The minimum atomic E-state index is -0.734. The number of carbonyl (C=O) groups excluding carboxylic acids is 2. The summed E-state index contributed by atoms with van der Waals surface area (Å²) >= 11 is 0. The fraction of sp³-hybridized carbons (Fsp3) is 0.300. The van der Waals surface area contributed by atoms with Crippen molar-refractivity contribution in [3.05, 3.63) is 60.2 Å². The molecule has 0 spiro atoms. The summed E-state index contributed by atoms with van der Waals surface area (Å²) in [7, 11) is 1.61. The van der Waals surface area contributed by atoms with E-state index in [-0.39, 0.29) is 18.4 Å². The number of anilines is 1. The van der Waals surface area contributed by atoms with Gasteiger partial charge in [-0.05, 0) is 36.2 Å². The van der Waals surface area contributed by atoms with Crippen molar-refractivity contribution >= 4 is 17.7 Å². The fourth-order valence-corrected chi connectivity index (χ4v) is 2.33. The number of ether oxygens (including phenoxy) is 2. The first-order valence-electron chi connectivity index (χ1n) is 8.51. The minimum Gasteiger partial charge on any atom is -0.497 e.